The molecule has 0 atom stereocenters. The Bertz CT molecular complexity index is 459. The first kappa shape index (κ1) is 15.5. The zero-order valence-corrected chi connectivity index (χ0v) is 12.2. The molecule has 104 valence electrons. The molecule has 0 amide bonds. The average Bonchev–Trinajstić information content (AvgIpc) is 2.71. The summed E-state index contributed by atoms with van der Waals surface area (Å²) in [6.45, 7) is 2.54. The van der Waals surface area contributed by atoms with Crippen LogP contribution in [0.1, 0.15) is 17.1 Å². The largest absolute Gasteiger partial charge is 0.396 e. The molecule has 0 unspecified atom stereocenters. The second-order valence-electron chi connectivity index (χ2n) is 3.91. The molecule has 1 aromatic rings. The summed E-state index contributed by atoms with van der Waals surface area (Å²) in [4.78, 5) is 4.26. The van der Waals surface area contributed by atoms with E-state index in [0.717, 1.165) is 10.7 Å². The fraction of sp³-hybridized carbons (Fsp3) is 0.700. The highest BCUT2D eigenvalue weighted by molar-refractivity contribution is 7.87. The molecule has 0 aromatic carbocycles. The molecule has 2 N–H and O–H groups in total. The Morgan fingerprint density at radius 1 is 1.56 bits per heavy atom. The van der Waals surface area contributed by atoms with Crippen LogP contribution in [-0.2, 0) is 16.6 Å². The van der Waals surface area contributed by atoms with Crippen molar-refractivity contribution >= 4 is 21.5 Å². The predicted molar refractivity (Wildman–Crippen MR) is 71.8 cm³/mol. The molecule has 18 heavy (non-hydrogen) atoms. The van der Waals surface area contributed by atoms with E-state index in [-0.39, 0.29) is 6.61 Å². The second-order valence-corrected chi connectivity index (χ2v) is 6.83. The molecule has 6 nitrogen and oxygen atoms in total. The van der Waals surface area contributed by atoms with Crippen LogP contribution in [0.15, 0.2) is 5.38 Å². The van der Waals surface area contributed by atoms with E-state index in [9.17, 15) is 8.42 Å². The predicted octanol–water partition coefficient (Wildman–Crippen LogP) is 0.143. The quantitative estimate of drug-likeness (QED) is 0.714. The van der Waals surface area contributed by atoms with Gasteiger partial charge in [-0.1, -0.05) is 0 Å². The SMILES string of the molecule is Cc1nc(CCNS(=O)(=O)N(C)CCCO)cs1. The molecule has 0 saturated heterocycles. The number of thiazole rings is 1. The van der Waals surface area contributed by atoms with Gasteiger partial charge in [-0.05, 0) is 13.3 Å². The van der Waals surface area contributed by atoms with Crippen molar-refractivity contribution in [3.63, 3.8) is 0 Å². The number of nitrogens with zero attached hydrogens (tertiary/aromatic N) is 2. The summed E-state index contributed by atoms with van der Waals surface area (Å²) in [5.41, 5.74) is 0.901. The number of aryl methyl sites for hydroxylation is 1. The first-order valence-corrected chi connectivity index (χ1v) is 8.00. The van der Waals surface area contributed by atoms with Crippen molar-refractivity contribution in [2.45, 2.75) is 19.8 Å². The van der Waals surface area contributed by atoms with Gasteiger partial charge in [0.2, 0.25) is 0 Å². The van der Waals surface area contributed by atoms with E-state index in [2.05, 4.69) is 9.71 Å². The lowest BCUT2D eigenvalue weighted by Gasteiger charge is -2.16. The Labute approximate surface area is 112 Å². The molecule has 0 saturated carbocycles. The summed E-state index contributed by atoms with van der Waals surface area (Å²) in [5.74, 6) is 0. The molecule has 0 aliphatic heterocycles. The van der Waals surface area contributed by atoms with Crippen LogP contribution in [-0.4, -0.2) is 49.6 Å². The maximum absolute atomic E-state index is 11.7. The summed E-state index contributed by atoms with van der Waals surface area (Å²) in [6.07, 6.45) is 1.01. The van der Waals surface area contributed by atoms with Gasteiger partial charge in [0, 0.05) is 38.5 Å². The molecule has 8 heteroatoms. The van der Waals surface area contributed by atoms with Crippen molar-refractivity contribution in [1.82, 2.24) is 14.0 Å². The van der Waals surface area contributed by atoms with Crippen LogP contribution in [0.25, 0.3) is 0 Å². The van der Waals surface area contributed by atoms with Gasteiger partial charge in [-0.25, -0.2) is 9.71 Å². The number of rotatable bonds is 8. The van der Waals surface area contributed by atoms with Gasteiger partial charge in [0.25, 0.3) is 10.2 Å². The minimum absolute atomic E-state index is 0.0159. The molecule has 0 aliphatic rings. The molecule has 1 rings (SSSR count). The number of nitrogens with one attached hydrogen (secondary N) is 1. The standard InChI is InChI=1S/C10H19N3O3S2/c1-9-12-10(8-17-9)4-5-11-18(15,16)13(2)6-3-7-14/h8,11,14H,3-7H2,1-2H3. The molecule has 0 spiro atoms. The molecular formula is C10H19N3O3S2. The van der Waals surface area contributed by atoms with Crippen LogP contribution in [0.3, 0.4) is 0 Å². The van der Waals surface area contributed by atoms with E-state index >= 15 is 0 Å². The van der Waals surface area contributed by atoms with Crippen LogP contribution in [0, 0.1) is 6.92 Å². The van der Waals surface area contributed by atoms with Crippen molar-refractivity contribution in [1.29, 1.82) is 0 Å². The number of hydrogen-bond donors (Lipinski definition) is 2. The minimum Gasteiger partial charge on any atom is -0.396 e. The Kier molecular flexibility index (Phi) is 6.16. The number of aromatic nitrogens is 1. The van der Waals surface area contributed by atoms with Gasteiger partial charge in [-0.2, -0.15) is 12.7 Å². The molecule has 1 heterocycles. The van der Waals surface area contributed by atoms with Crippen LogP contribution < -0.4 is 4.72 Å². The molecule has 0 bridgehead atoms. The smallest absolute Gasteiger partial charge is 0.279 e. The van der Waals surface area contributed by atoms with Crippen molar-refractivity contribution in [3.8, 4) is 0 Å². The average molecular weight is 293 g/mol. The first-order valence-electron chi connectivity index (χ1n) is 5.68. The number of aliphatic hydroxyl groups is 1. The van der Waals surface area contributed by atoms with E-state index in [4.69, 9.17) is 5.11 Å². The van der Waals surface area contributed by atoms with Crippen LogP contribution in [0.2, 0.25) is 0 Å². The van der Waals surface area contributed by atoms with Crippen LogP contribution in [0.5, 0.6) is 0 Å². The molecule has 0 radical (unpaired) electrons. The molecular weight excluding hydrogens is 274 g/mol. The van der Waals surface area contributed by atoms with Gasteiger partial charge in [0.05, 0.1) is 10.7 Å². The molecule has 1 aromatic heterocycles. The summed E-state index contributed by atoms with van der Waals surface area (Å²) in [7, 11) is -1.96. The summed E-state index contributed by atoms with van der Waals surface area (Å²) >= 11 is 1.55. The third-order valence-corrected chi connectivity index (χ3v) is 4.77. The monoisotopic (exact) mass is 293 g/mol. The zero-order valence-electron chi connectivity index (χ0n) is 10.6. The first-order chi connectivity index (χ1) is 8.45. The van der Waals surface area contributed by atoms with Crippen LogP contribution >= 0.6 is 11.3 Å². The third kappa shape index (κ3) is 4.99. The van der Waals surface area contributed by atoms with Crippen molar-refractivity contribution in [2.24, 2.45) is 0 Å². The highest BCUT2D eigenvalue weighted by atomic mass is 32.2. The lowest BCUT2D eigenvalue weighted by Crippen LogP contribution is -2.39. The van der Waals surface area contributed by atoms with Gasteiger partial charge in [-0.15, -0.1) is 11.3 Å². The Balaban J connectivity index is 2.37. The van der Waals surface area contributed by atoms with E-state index in [0.29, 0.717) is 25.9 Å². The van der Waals surface area contributed by atoms with Gasteiger partial charge < -0.3 is 5.11 Å². The highest BCUT2D eigenvalue weighted by Crippen LogP contribution is 2.08. The van der Waals surface area contributed by atoms with E-state index in [1.807, 2.05) is 12.3 Å². The maximum atomic E-state index is 11.7. The van der Waals surface area contributed by atoms with Gasteiger partial charge in [-0.3, -0.25) is 0 Å². The Morgan fingerprint density at radius 3 is 2.83 bits per heavy atom. The van der Waals surface area contributed by atoms with E-state index < -0.39 is 10.2 Å². The summed E-state index contributed by atoms with van der Waals surface area (Å²) < 4.78 is 27.2. The zero-order chi connectivity index (χ0) is 13.6. The summed E-state index contributed by atoms with van der Waals surface area (Å²) in [5, 5.41) is 11.6. The van der Waals surface area contributed by atoms with Gasteiger partial charge in [0.1, 0.15) is 0 Å². The van der Waals surface area contributed by atoms with E-state index in [1.165, 1.54) is 11.4 Å². The molecule has 0 fully saturated rings. The van der Waals surface area contributed by atoms with Crippen LogP contribution in [0.4, 0.5) is 0 Å². The second kappa shape index (κ2) is 7.15. The fourth-order valence-corrected chi connectivity index (χ4v) is 2.95. The third-order valence-electron chi connectivity index (χ3n) is 2.37. The number of hydrogen-bond acceptors (Lipinski definition) is 5. The lowest BCUT2D eigenvalue weighted by molar-refractivity contribution is 0.275. The number of aliphatic hydroxyl groups excluding tert-OH is 1. The fourth-order valence-electron chi connectivity index (χ4n) is 1.35. The van der Waals surface area contributed by atoms with Crippen molar-refractivity contribution in [2.75, 3.05) is 26.7 Å². The van der Waals surface area contributed by atoms with Crippen molar-refractivity contribution < 1.29 is 13.5 Å². The normalized spacial score (nSPS) is 12.2. The minimum atomic E-state index is -3.45. The van der Waals surface area contributed by atoms with E-state index in [1.54, 1.807) is 11.3 Å². The highest BCUT2D eigenvalue weighted by Gasteiger charge is 2.16. The van der Waals surface area contributed by atoms with Gasteiger partial charge >= 0.3 is 0 Å². The Morgan fingerprint density at radius 2 is 2.28 bits per heavy atom. The topological polar surface area (TPSA) is 82.5 Å². The Hall–Kier alpha value is -0.540. The van der Waals surface area contributed by atoms with Crippen molar-refractivity contribution in [3.05, 3.63) is 16.1 Å². The summed E-state index contributed by atoms with van der Waals surface area (Å²) in [6, 6.07) is 0. The van der Waals surface area contributed by atoms with Gasteiger partial charge in [0.15, 0.2) is 0 Å². The molecule has 0 aliphatic carbocycles. The maximum Gasteiger partial charge on any atom is 0.279 e. The lowest BCUT2D eigenvalue weighted by atomic mass is 10.3.